The maximum atomic E-state index is 13.6. The van der Waals surface area contributed by atoms with Crippen LogP contribution in [-0.2, 0) is 30.5 Å². The number of carbonyl (C=O) groups excluding carboxylic acids is 1. The number of H-pyrrole nitrogens is 1. The van der Waals surface area contributed by atoms with Gasteiger partial charge in [0, 0.05) is 37.4 Å². The fourth-order valence-corrected chi connectivity index (χ4v) is 5.44. The minimum atomic E-state index is -0.00585. The minimum Gasteiger partial charge on any atom is -0.493 e. The lowest BCUT2D eigenvalue weighted by atomic mass is 9.95. The largest absolute Gasteiger partial charge is 0.493 e. The first-order valence-corrected chi connectivity index (χ1v) is 12.9. The molecule has 0 radical (unpaired) electrons. The molecule has 1 N–H and O–H groups in total. The molecule has 7 heteroatoms. The van der Waals surface area contributed by atoms with Gasteiger partial charge in [0.25, 0.3) is 5.91 Å². The van der Waals surface area contributed by atoms with Crippen LogP contribution in [0, 0.1) is 0 Å². The maximum Gasteiger partial charge on any atom is 0.275 e. The quantitative estimate of drug-likeness (QED) is 0.493. The monoisotopic (exact) mass is 465 g/mol. The number of aromatic amines is 1. The highest BCUT2D eigenvalue weighted by Crippen LogP contribution is 2.25. The molecule has 1 fully saturated rings. The molecule has 1 aliphatic carbocycles. The average Bonchev–Trinajstić information content (AvgIpc) is 3.61. The van der Waals surface area contributed by atoms with Gasteiger partial charge in [-0.1, -0.05) is 12.1 Å². The van der Waals surface area contributed by atoms with Crippen molar-refractivity contribution in [3.63, 3.8) is 0 Å². The lowest BCUT2D eigenvalue weighted by Gasteiger charge is -2.26. The van der Waals surface area contributed by atoms with Crippen molar-refractivity contribution in [3.05, 3.63) is 69.2 Å². The lowest BCUT2D eigenvalue weighted by Crippen LogP contribution is -2.37. The van der Waals surface area contributed by atoms with Gasteiger partial charge in [0.05, 0.1) is 12.7 Å². The number of aromatic nitrogens is 2. The van der Waals surface area contributed by atoms with Gasteiger partial charge >= 0.3 is 0 Å². The zero-order valence-electron chi connectivity index (χ0n) is 18.9. The second kappa shape index (κ2) is 10.5. The Morgan fingerprint density at radius 1 is 1.21 bits per heavy atom. The van der Waals surface area contributed by atoms with Crippen molar-refractivity contribution >= 4 is 17.2 Å². The molecular weight excluding hydrogens is 434 g/mol. The minimum absolute atomic E-state index is 0.00585. The van der Waals surface area contributed by atoms with E-state index in [0.29, 0.717) is 25.4 Å². The van der Waals surface area contributed by atoms with E-state index in [2.05, 4.69) is 33.1 Å². The number of rotatable bonds is 9. The normalized spacial score (nSPS) is 17.6. The molecular formula is C26H31N3O3S. The van der Waals surface area contributed by atoms with Crippen molar-refractivity contribution in [3.8, 4) is 5.75 Å². The number of hydrogen-bond donors (Lipinski definition) is 1. The summed E-state index contributed by atoms with van der Waals surface area (Å²) in [5, 5.41) is 11.8. The number of benzene rings is 1. The van der Waals surface area contributed by atoms with Crippen molar-refractivity contribution in [1.29, 1.82) is 0 Å². The summed E-state index contributed by atoms with van der Waals surface area (Å²) in [6, 6.07) is 10.2. The van der Waals surface area contributed by atoms with Crippen LogP contribution in [0.15, 0.2) is 41.1 Å². The first kappa shape index (κ1) is 22.2. The fraction of sp³-hybridized carbons (Fsp3) is 0.462. The Bertz CT molecular complexity index is 1060. The molecule has 174 valence electrons. The summed E-state index contributed by atoms with van der Waals surface area (Å²) < 4.78 is 11.9. The van der Waals surface area contributed by atoms with Gasteiger partial charge in [0.15, 0.2) is 5.69 Å². The summed E-state index contributed by atoms with van der Waals surface area (Å²) in [5.74, 6) is 0.832. The third kappa shape index (κ3) is 5.47. The third-order valence-corrected chi connectivity index (χ3v) is 7.24. The Kier molecular flexibility index (Phi) is 7.07. The van der Waals surface area contributed by atoms with Gasteiger partial charge in [0.1, 0.15) is 5.75 Å². The molecule has 0 bridgehead atoms. The molecule has 1 unspecified atom stereocenters. The zero-order valence-corrected chi connectivity index (χ0v) is 19.7. The van der Waals surface area contributed by atoms with Gasteiger partial charge in [-0.05, 0) is 78.6 Å². The Hall–Kier alpha value is -2.64. The third-order valence-electron chi connectivity index (χ3n) is 6.51. The summed E-state index contributed by atoms with van der Waals surface area (Å²) in [4.78, 5) is 15.5. The summed E-state index contributed by atoms with van der Waals surface area (Å²) >= 11 is 1.71. The van der Waals surface area contributed by atoms with Gasteiger partial charge in [0.2, 0.25) is 0 Å². The van der Waals surface area contributed by atoms with Gasteiger partial charge in [-0.15, -0.1) is 0 Å². The van der Waals surface area contributed by atoms with Crippen LogP contribution in [-0.4, -0.2) is 46.9 Å². The predicted octanol–water partition coefficient (Wildman–Crippen LogP) is 4.79. The number of ether oxygens (including phenoxy) is 2. The van der Waals surface area contributed by atoms with E-state index in [9.17, 15) is 4.79 Å². The van der Waals surface area contributed by atoms with E-state index in [0.717, 1.165) is 74.1 Å². The van der Waals surface area contributed by atoms with Crippen molar-refractivity contribution in [2.45, 2.75) is 57.6 Å². The Morgan fingerprint density at radius 3 is 3.00 bits per heavy atom. The van der Waals surface area contributed by atoms with E-state index < -0.39 is 0 Å². The van der Waals surface area contributed by atoms with Crippen molar-refractivity contribution in [2.75, 3.05) is 19.8 Å². The number of nitrogens with zero attached hydrogens (tertiary/aromatic N) is 2. The zero-order chi connectivity index (χ0) is 22.5. The summed E-state index contributed by atoms with van der Waals surface area (Å²) in [6.07, 6.45) is 7.20. The number of amides is 1. The van der Waals surface area contributed by atoms with E-state index in [1.165, 1.54) is 5.56 Å². The highest BCUT2D eigenvalue weighted by Gasteiger charge is 2.28. The summed E-state index contributed by atoms with van der Waals surface area (Å²) in [7, 11) is 0. The highest BCUT2D eigenvalue weighted by atomic mass is 32.1. The van der Waals surface area contributed by atoms with Crippen LogP contribution < -0.4 is 4.74 Å². The average molecular weight is 466 g/mol. The smallest absolute Gasteiger partial charge is 0.275 e. The first-order chi connectivity index (χ1) is 16.3. The van der Waals surface area contributed by atoms with Crippen molar-refractivity contribution in [1.82, 2.24) is 15.1 Å². The molecule has 1 atom stereocenters. The van der Waals surface area contributed by atoms with Gasteiger partial charge in [-0.3, -0.25) is 9.89 Å². The van der Waals surface area contributed by atoms with E-state index in [-0.39, 0.29) is 12.0 Å². The summed E-state index contributed by atoms with van der Waals surface area (Å²) in [5.41, 5.74) is 5.17. The van der Waals surface area contributed by atoms with E-state index in [1.54, 1.807) is 11.3 Å². The van der Waals surface area contributed by atoms with Gasteiger partial charge in [-0.25, -0.2) is 0 Å². The van der Waals surface area contributed by atoms with Crippen LogP contribution >= 0.6 is 11.3 Å². The molecule has 33 heavy (non-hydrogen) atoms. The molecule has 3 heterocycles. The molecule has 5 rings (SSSR count). The number of aryl methyl sites for hydroxylation is 1. The number of nitrogens with one attached hydrogen (secondary N) is 1. The standard InChI is InChI=1S/C26H31N3O3S/c30-26(25-23-8-1-2-9-24(23)27-28-25)29(17-22-7-4-12-31-22)16-20-5-3-6-21(15-20)32-13-10-19-11-14-33-18-19/h3,5-6,11,14-15,18,22H,1-2,4,7-10,12-13,16-17H2,(H,27,28). The SMILES string of the molecule is O=C(c1n[nH]c2c1CCCC2)N(Cc1cccc(OCCc2ccsc2)c1)CC1CCCO1. The second-order valence-electron chi connectivity index (χ2n) is 8.93. The van der Waals surface area contributed by atoms with Gasteiger partial charge in [-0.2, -0.15) is 16.4 Å². The second-order valence-corrected chi connectivity index (χ2v) is 9.71. The maximum absolute atomic E-state index is 13.6. The number of fused-ring (bicyclic) bond motifs is 1. The Balaban J connectivity index is 1.29. The van der Waals surface area contributed by atoms with Crippen LogP contribution in [0.5, 0.6) is 5.75 Å². The molecule has 6 nitrogen and oxygen atoms in total. The van der Waals surface area contributed by atoms with Crippen LogP contribution in [0.2, 0.25) is 0 Å². The lowest BCUT2D eigenvalue weighted by molar-refractivity contribution is 0.0501. The molecule has 1 aliphatic heterocycles. The Labute approximate surface area is 198 Å². The number of thiophene rings is 1. The van der Waals surface area contributed by atoms with E-state index in [4.69, 9.17) is 9.47 Å². The van der Waals surface area contributed by atoms with Crippen molar-refractivity contribution in [2.24, 2.45) is 0 Å². The van der Waals surface area contributed by atoms with Gasteiger partial charge < -0.3 is 14.4 Å². The molecule has 2 aliphatic rings. The highest BCUT2D eigenvalue weighted by molar-refractivity contribution is 7.07. The Morgan fingerprint density at radius 2 is 2.15 bits per heavy atom. The molecule has 0 saturated carbocycles. The molecule has 1 saturated heterocycles. The van der Waals surface area contributed by atoms with Crippen molar-refractivity contribution < 1.29 is 14.3 Å². The molecule has 0 spiro atoms. The molecule has 3 aromatic rings. The first-order valence-electron chi connectivity index (χ1n) is 12.0. The molecule has 2 aromatic heterocycles. The molecule has 1 amide bonds. The fourth-order valence-electron chi connectivity index (χ4n) is 4.74. The van der Waals surface area contributed by atoms with Crippen LogP contribution in [0.3, 0.4) is 0 Å². The van der Waals surface area contributed by atoms with E-state index >= 15 is 0 Å². The summed E-state index contributed by atoms with van der Waals surface area (Å²) in [6.45, 7) is 2.52. The van der Waals surface area contributed by atoms with Crippen LogP contribution in [0.4, 0.5) is 0 Å². The van der Waals surface area contributed by atoms with Crippen LogP contribution in [0.25, 0.3) is 0 Å². The predicted molar refractivity (Wildman–Crippen MR) is 129 cm³/mol. The topological polar surface area (TPSA) is 67.5 Å². The molecule has 1 aromatic carbocycles. The number of carbonyl (C=O) groups is 1. The van der Waals surface area contributed by atoms with Crippen LogP contribution in [0.1, 0.15) is 58.6 Å². The van der Waals surface area contributed by atoms with E-state index in [1.807, 2.05) is 23.1 Å². The number of hydrogen-bond acceptors (Lipinski definition) is 5.